The number of ether oxygens (including phenoxy) is 1. The molecule has 4 aromatic rings. The predicted octanol–water partition coefficient (Wildman–Crippen LogP) is 5.18. The Morgan fingerprint density at radius 2 is 1.65 bits per heavy atom. The molecule has 0 aliphatic heterocycles. The second kappa shape index (κ2) is 6.84. The molecule has 0 spiro atoms. The predicted molar refractivity (Wildman–Crippen MR) is 98.7 cm³/mol. The lowest BCUT2D eigenvalue weighted by atomic mass is 10.0. The van der Waals surface area contributed by atoms with E-state index in [0.717, 1.165) is 16.5 Å². The molecule has 0 radical (unpaired) electrons. The molecule has 0 unspecified atom stereocenters. The Labute approximate surface area is 149 Å². The van der Waals surface area contributed by atoms with E-state index >= 15 is 0 Å². The van der Waals surface area contributed by atoms with E-state index in [2.05, 4.69) is 0 Å². The van der Waals surface area contributed by atoms with E-state index in [4.69, 9.17) is 9.15 Å². The molecule has 0 aliphatic carbocycles. The molecule has 4 heteroatoms. The first-order valence-electron chi connectivity index (χ1n) is 8.20. The number of hydrogen-bond acceptors (Lipinski definition) is 3. The second-order valence-electron chi connectivity index (χ2n) is 5.88. The standard InChI is InChI=1S/C22H15FO3/c23-20-9-5-4-8-16(20)14-25-17-10-11-18-19(15-6-2-1-3-7-15)13-22(24)26-21(18)12-17/h1-13H,14H2. The van der Waals surface area contributed by atoms with Crippen molar-refractivity contribution in [1.29, 1.82) is 0 Å². The van der Waals surface area contributed by atoms with Gasteiger partial charge in [-0.05, 0) is 29.3 Å². The van der Waals surface area contributed by atoms with E-state index < -0.39 is 5.63 Å². The van der Waals surface area contributed by atoms with Gasteiger partial charge >= 0.3 is 5.63 Å². The first-order valence-corrected chi connectivity index (χ1v) is 8.20. The van der Waals surface area contributed by atoms with Crippen LogP contribution in [0.25, 0.3) is 22.1 Å². The first-order chi connectivity index (χ1) is 12.7. The van der Waals surface area contributed by atoms with Crippen LogP contribution >= 0.6 is 0 Å². The van der Waals surface area contributed by atoms with Crippen molar-refractivity contribution in [2.75, 3.05) is 0 Å². The number of halogens is 1. The highest BCUT2D eigenvalue weighted by Gasteiger charge is 2.09. The van der Waals surface area contributed by atoms with Gasteiger partial charge in [0.2, 0.25) is 0 Å². The number of rotatable bonds is 4. The number of benzene rings is 3. The van der Waals surface area contributed by atoms with Gasteiger partial charge in [0.25, 0.3) is 0 Å². The molecule has 0 N–H and O–H groups in total. The first kappa shape index (κ1) is 16.1. The summed E-state index contributed by atoms with van der Waals surface area (Å²) in [6, 6.07) is 22.9. The fourth-order valence-corrected chi connectivity index (χ4v) is 2.87. The summed E-state index contributed by atoms with van der Waals surface area (Å²) in [5.74, 6) is 0.195. The highest BCUT2D eigenvalue weighted by Crippen LogP contribution is 2.29. The van der Waals surface area contributed by atoms with Gasteiger partial charge < -0.3 is 9.15 Å². The molecule has 1 aromatic heterocycles. The minimum Gasteiger partial charge on any atom is -0.489 e. The maximum absolute atomic E-state index is 13.7. The summed E-state index contributed by atoms with van der Waals surface area (Å²) in [4.78, 5) is 12.0. The third-order valence-electron chi connectivity index (χ3n) is 4.15. The molecule has 0 saturated heterocycles. The summed E-state index contributed by atoms with van der Waals surface area (Å²) in [6.07, 6.45) is 0. The Morgan fingerprint density at radius 1 is 0.885 bits per heavy atom. The molecule has 4 rings (SSSR count). The van der Waals surface area contributed by atoms with E-state index in [1.54, 1.807) is 30.3 Å². The van der Waals surface area contributed by atoms with Crippen LogP contribution in [-0.4, -0.2) is 0 Å². The highest BCUT2D eigenvalue weighted by atomic mass is 19.1. The van der Waals surface area contributed by atoms with Crippen LogP contribution in [0.4, 0.5) is 4.39 Å². The monoisotopic (exact) mass is 346 g/mol. The summed E-state index contributed by atoms with van der Waals surface area (Å²) in [6.45, 7) is 0.0980. The van der Waals surface area contributed by atoms with E-state index in [-0.39, 0.29) is 12.4 Å². The van der Waals surface area contributed by atoms with Crippen LogP contribution in [0.15, 0.2) is 88.1 Å². The molecule has 0 bridgehead atoms. The van der Waals surface area contributed by atoms with Crippen LogP contribution in [0.1, 0.15) is 5.56 Å². The van der Waals surface area contributed by atoms with Crippen LogP contribution in [0.2, 0.25) is 0 Å². The molecule has 3 nitrogen and oxygen atoms in total. The molecule has 0 fully saturated rings. The zero-order valence-corrected chi connectivity index (χ0v) is 13.8. The lowest BCUT2D eigenvalue weighted by Gasteiger charge is -2.09. The van der Waals surface area contributed by atoms with Gasteiger partial charge in [0.1, 0.15) is 23.8 Å². The van der Waals surface area contributed by atoms with Crippen LogP contribution < -0.4 is 10.4 Å². The van der Waals surface area contributed by atoms with Crippen molar-refractivity contribution in [3.8, 4) is 16.9 Å². The zero-order chi connectivity index (χ0) is 17.9. The quantitative estimate of drug-likeness (QED) is 0.478. The average molecular weight is 346 g/mol. The van der Waals surface area contributed by atoms with Crippen molar-refractivity contribution in [2.24, 2.45) is 0 Å². The Morgan fingerprint density at radius 3 is 2.46 bits per heavy atom. The third-order valence-corrected chi connectivity index (χ3v) is 4.15. The lowest BCUT2D eigenvalue weighted by Crippen LogP contribution is -2.00. The van der Waals surface area contributed by atoms with Crippen LogP contribution in [0, 0.1) is 5.82 Å². The highest BCUT2D eigenvalue weighted by molar-refractivity contribution is 5.93. The SMILES string of the molecule is O=c1cc(-c2ccccc2)c2ccc(OCc3ccccc3F)cc2o1. The third kappa shape index (κ3) is 3.22. The Kier molecular flexibility index (Phi) is 4.23. The Bertz CT molecular complexity index is 1120. The summed E-state index contributed by atoms with van der Waals surface area (Å²) >= 11 is 0. The van der Waals surface area contributed by atoms with Gasteiger partial charge in [-0.25, -0.2) is 9.18 Å². The van der Waals surface area contributed by atoms with Crippen molar-refractivity contribution in [3.05, 3.63) is 101 Å². The van der Waals surface area contributed by atoms with E-state index in [0.29, 0.717) is 16.9 Å². The maximum atomic E-state index is 13.7. The topological polar surface area (TPSA) is 39.4 Å². The normalized spacial score (nSPS) is 10.8. The molecule has 0 atom stereocenters. The largest absolute Gasteiger partial charge is 0.489 e. The van der Waals surface area contributed by atoms with Gasteiger partial charge in [0.15, 0.2) is 0 Å². The Hall–Kier alpha value is -3.40. The smallest absolute Gasteiger partial charge is 0.336 e. The molecule has 0 saturated carbocycles. The number of fused-ring (bicyclic) bond motifs is 1. The van der Waals surface area contributed by atoms with Crippen molar-refractivity contribution >= 4 is 11.0 Å². The summed E-state index contributed by atoms with van der Waals surface area (Å²) in [5.41, 5.74) is 2.21. The fraction of sp³-hybridized carbons (Fsp3) is 0.0455. The molecule has 0 amide bonds. The molecular formula is C22H15FO3. The average Bonchev–Trinajstić information content (AvgIpc) is 2.67. The van der Waals surface area contributed by atoms with E-state index in [1.807, 2.05) is 36.4 Å². The summed E-state index contributed by atoms with van der Waals surface area (Å²) < 4.78 is 24.7. The van der Waals surface area contributed by atoms with Gasteiger partial charge in [-0.15, -0.1) is 0 Å². The van der Waals surface area contributed by atoms with Crippen molar-refractivity contribution in [2.45, 2.75) is 6.61 Å². The number of hydrogen-bond donors (Lipinski definition) is 0. The van der Waals surface area contributed by atoms with Crippen LogP contribution in [-0.2, 0) is 6.61 Å². The van der Waals surface area contributed by atoms with Gasteiger partial charge in [0, 0.05) is 23.1 Å². The van der Waals surface area contributed by atoms with Gasteiger partial charge in [-0.1, -0.05) is 48.5 Å². The summed E-state index contributed by atoms with van der Waals surface area (Å²) in [5, 5.41) is 0.814. The minimum absolute atomic E-state index is 0.0980. The van der Waals surface area contributed by atoms with Gasteiger partial charge in [-0.3, -0.25) is 0 Å². The van der Waals surface area contributed by atoms with E-state index in [1.165, 1.54) is 12.1 Å². The molecule has 26 heavy (non-hydrogen) atoms. The fourth-order valence-electron chi connectivity index (χ4n) is 2.87. The van der Waals surface area contributed by atoms with Crippen molar-refractivity contribution in [3.63, 3.8) is 0 Å². The second-order valence-corrected chi connectivity index (χ2v) is 5.88. The summed E-state index contributed by atoms with van der Waals surface area (Å²) in [7, 11) is 0. The maximum Gasteiger partial charge on any atom is 0.336 e. The van der Waals surface area contributed by atoms with Gasteiger partial charge in [0.05, 0.1) is 0 Å². The Balaban J connectivity index is 1.70. The van der Waals surface area contributed by atoms with Crippen molar-refractivity contribution in [1.82, 2.24) is 0 Å². The van der Waals surface area contributed by atoms with Crippen molar-refractivity contribution < 1.29 is 13.5 Å². The van der Waals surface area contributed by atoms with E-state index in [9.17, 15) is 9.18 Å². The molecule has 3 aromatic carbocycles. The molecule has 128 valence electrons. The zero-order valence-electron chi connectivity index (χ0n) is 13.8. The van der Waals surface area contributed by atoms with Crippen LogP contribution in [0.3, 0.4) is 0 Å². The minimum atomic E-state index is -0.428. The van der Waals surface area contributed by atoms with Gasteiger partial charge in [-0.2, -0.15) is 0 Å². The molecular weight excluding hydrogens is 331 g/mol. The van der Waals surface area contributed by atoms with Crippen LogP contribution in [0.5, 0.6) is 5.75 Å². The molecule has 1 heterocycles. The molecule has 0 aliphatic rings. The lowest BCUT2D eigenvalue weighted by molar-refractivity contribution is 0.300.